The lowest BCUT2D eigenvalue weighted by Gasteiger charge is -2.06. The molecular formula is C15H17N3. The lowest BCUT2D eigenvalue weighted by Crippen LogP contribution is -2.01. The Bertz CT molecular complexity index is 576. The van der Waals surface area contributed by atoms with Gasteiger partial charge in [-0.25, -0.2) is 0 Å². The summed E-state index contributed by atoms with van der Waals surface area (Å²) in [6.07, 6.45) is 8.38. The van der Waals surface area contributed by atoms with Crippen LogP contribution in [0.15, 0.2) is 30.5 Å². The third kappa shape index (κ3) is 2.72. The van der Waals surface area contributed by atoms with Crippen LogP contribution in [-0.4, -0.2) is 9.78 Å². The molecule has 0 atom stereocenters. The first-order valence-corrected chi connectivity index (χ1v) is 6.05. The summed E-state index contributed by atoms with van der Waals surface area (Å²) < 4.78 is 1.85. The number of aromatic nitrogens is 2. The molecule has 0 unspecified atom stereocenters. The minimum atomic E-state index is 0.769. The van der Waals surface area contributed by atoms with Gasteiger partial charge >= 0.3 is 0 Å². The second-order valence-corrected chi connectivity index (χ2v) is 4.21. The zero-order valence-corrected chi connectivity index (χ0v) is 10.8. The Balaban J connectivity index is 2.09. The summed E-state index contributed by atoms with van der Waals surface area (Å²) in [4.78, 5) is 0. The molecule has 1 aromatic carbocycles. The van der Waals surface area contributed by atoms with Gasteiger partial charge in [0.25, 0.3) is 0 Å². The Labute approximate surface area is 108 Å². The predicted molar refractivity (Wildman–Crippen MR) is 74.3 cm³/mol. The van der Waals surface area contributed by atoms with Gasteiger partial charge in [0.05, 0.1) is 5.69 Å². The van der Waals surface area contributed by atoms with Crippen LogP contribution in [0, 0.1) is 12.3 Å². The topological polar surface area (TPSA) is 29.9 Å². The molecule has 0 aliphatic heterocycles. The molecule has 2 rings (SSSR count). The van der Waals surface area contributed by atoms with Crippen molar-refractivity contribution in [1.82, 2.24) is 9.78 Å². The van der Waals surface area contributed by atoms with Crippen LogP contribution >= 0.6 is 0 Å². The van der Waals surface area contributed by atoms with Gasteiger partial charge in [0.15, 0.2) is 0 Å². The van der Waals surface area contributed by atoms with Crippen molar-refractivity contribution in [1.29, 1.82) is 0 Å². The van der Waals surface area contributed by atoms with Crippen molar-refractivity contribution in [3.63, 3.8) is 0 Å². The normalized spacial score (nSPS) is 10.1. The van der Waals surface area contributed by atoms with Crippen molar-refractivity contribution in [2.75, 3.05) is 5.32 Å². The Morgan fingerprint density at radius 3 is 3.00 bits per heavy atom. The fourth-order valence-electron chi connectivity index (χ4n) is 1.95. The van der Waals surface area contributed by atoms with Crippen LogP contribution in [0.3, 0.4) is 0 Å². The number of rotatable bonds is 4. The van der Waals surface area contributed by atoms with Crippen LogP contribution < -0.4 is 5.32 Å². The molecule has 0 bridgehead atoms. The molecule has 2 aromatic rings. The summed E-state index contributed by atoms with van der Waals surface area (Å²) in [7, 11) is 1.95. The van der Waals surface area contributed by atoms with Gasteiger partial charge in [-0.15, -0.1) is 6.42 Å². The van der Waals surface area contributed by atoms with Crippen molar-refractivity contribution >= 4 is 5.69 Å². The van der Waals surface area contributed by atoms with E-state index in [4.69, 9.17) is 6.42 Å². The monoisotopic (exact) mass is 239 g/mol. The molecule has 0 aliphatic carbocycles. The van der Waals surface area contributed by atoms with Crippen LogP contribution in [0.4, 0.5) is 5.69 Å². The molecule has 0 aliphatic rings. The Hall–Kier alpha value is -2.21. The van der Waals surface area contributed by atoms with Crippen molar-refractivity contribution in [3.8, 4) is 12.3 Å². The van der Waals surface area contributed by atoms with E-state index in [0.717, 1.165) is 29.9 Å². The lowest BCUT2D eigenvalue weighted by molar-refractivity contribution is 0.746. The molecule has 92 valence electrons. The third-order valence-electron chi connectivity index (χ3n) is 2.84. The van der Waals surface area contributed by atoms with Gasteiger partial charge in [-0.1, -0.05) is 18.9 Å². The zero-order chi connectivity index (χ0) is 13.0. The second kappa shape index (κ2) is 5.42. The number of nitrogens with zero attached hydrogens (tertiary/aromatic N) is 2. The van der Waals surface area contributed by atoms with Gasteiger partial charge in [0.2, 0.25) is 0 Å². The number of hydrogen-bond acceptors (Lipinski definition) is 2. The van der Waals surface area contributed by atoms with Crippen LogP contribution in [0.5, 0.6) is 0 Å². The fraction of sp³-hybridized carbons (Fsp3) is 0.267. The predicted octanol–water partition coefficient (Wildman–Crippen LogP) is 2.58. The number of nitrogens with one attached hydrogen (secondary N) is 1. The van der Waals surface area contributed by atoms with Gasteiger partial charge < -0.3 is 5.32 Å². The maximum absolute atomic E-state index is 5.38. The largest absolute Gasteiger partial charge is 0.381 e. The average molecular weight is 239 g/mol. The molecule has 0 saturated carbocycles. The molecule has 0 amide bonds. The summed E-state index contributed by atoms with van der Waals surface area (Å²) >= 11 is 0. The van der Waals surface area contributed by atoms with Gasteiger partial charge in [-0.05, 0) is 24.6 Å². The Morgan fingerprint density at radius 2 is 2.28 bits per heavy atom. The van der Waals surface area contributed by atoms with E-state index in [1.54, 1.807) is 0 Å². The zero-order valence-electron chi connectivity index (χ0n) is 10.8. The van der Waals surface area contributed by atoms with Gasteiger partial charge in [0, 0.05) is 36.6 Å². The molecule has 0 fully saturated rings. The standard InChI is InChI=1S/C15H17N3/c1-4-12-7-6-8-14(9-12)16-10-13-11-18(3)17-15(13)5-2/h1,6-9,11,16H,5,10H2,2-3H3. The Morgan fingerprint density at radius 1 is 1.44 bits per heavy atom. The molecule has 0 saturated heterocycles. The summed E-state index contributed by atoms with van der Waals surface area (Å²) in [6.45, 7) is 2.88. The first-order chi connectivity index (χ1) is 8.72. The minimum absolute atomic E-state index is 0.769. The molecule has 1 N–H and O–H groups in total. The van der Waals surface area contributed by atoms with Gasteiger partial charge in [0.1, 0.15) is 0 Å². The summed E-state index contributed by atoms with van der Waals surface area (Å²) in [5, 5.41) is 7.79. The third-order valence-corrected chi connectivity index (χ3v) is 2.84. The SMILES string of the molecule is C#Cc1cccc(NCc2cn(C)nc2CC)c1. The van der Waals surface area contributed by atoms with E-state index in [2.05, 4.69) is 29.5 Å². The summed E-state index contributed by atoms with van der Waals surface area (Å²) in [5.74, 6) is 2.64. The molecule has 1 aromatic heterocycles. The van der Waals surface area contributed by atoms with Crippen LogP contribution in [0.1, 0.15) is 23.7 Å². The molecule has 3 nitrogen and oxygen atoms in total. The highest BCUT2D eigenvalue weighted by molar-refractivity contribution is 5.50. The molecule has 0 radical (unpaired) electrons. The van der Waals surface area contributed by atoms with E-state index in [1.807, 2.05) is 36.0 Å². The molecular weight excluding hydrogens is 222 g/mol. The average Bonchev–Trinajstić information content (AvgIpc) is 2.77. The quantitative estimate of drug-likeness (QED) is 0.831. The molecule has 1 heterocycles. The van der Waals surface area contributed by atoms with E-state index < -0.39 is 0 Å². The minimum Gasteiger partial charge on any atom is -0.381 e. The summed E-state index contributed by atoms with van der Waals surface area (Å²) in [6, 6.07) is 7.87. The number of aryl methyl sites for hydroxylation is 2. The number of benzene rings is 1. The first kappa shape index (κ1) is 12.3. The van der Waals surface area contributed by atoms with Crippen molar-refractivity contribution in [2.24, 2.45) is 7.05 Å². The Kier molecular flexibility index (Phi) is 3.69. The van der Waals surface area contributed by atoms with Gasteiger partial charge in [-0.3, -0.25) is 4.68 Å². The van der Waals surface area contributed by atoms with E-state index in [9.17, 15) is 0 Å². The van der Waals surface area contributed by atoms with E-state index >= 15 is 0 Å². The highest BCUT2D eigenvalue weighted by Crippen LogP contribution is 2.13. The van der Waals surface area contributed by atoms with Crippen LogP contribution in [0.25, 0.3) is 0 Å². The maximum Gasteiger partial charge on any atom is 0.0671 e. The number of anilines is 1. The van der Waals surface area contributed by atoms with E-state index in [0.29, 0.717) is 0 Å². The van der Waals surface area contributed by atoms with E-state index in [-0.39, 0.29) is 0 Å². The van der Waals surface area contributed by atoms with Crippen molar-refractivity contribution in [2.45, 2.75) is 19.9 Å². The fourth-order valence-corrected chi connectivity index (χ4v) is 1.95. The van der Waals surface area contributed by atoms with Crippen LogP contribution in [-0.2, 0) is 20.0 Å². The highest BCUT2D eigenvalue weighted by atomic mass is 15.3. The smallest absolute Gasteiger partial charge is 0.0671 e. The van der Waals surface area contributed by atoms with Crippen molar-refractivity contribution < 1.29 is 0 Å². The number of terminal acetylenes is 1. The van der Waals surface area contributed by atoms with Gasteiger partial charge in [-0.2, -0.15) is 5.10 Å². The molecule has 18 heavy (non-hydrogen) atoms. The highest BCUT2D eigenvalue weighted by Gasteiger charge is 2.05. The second-order valence-electron chi connectivity index (χ2n) is 4.21. The lowest BCUT2D eigenvalue weighted by atomic mass is 10.2. The number of hydrogen-bond donors (Lipinski definition) is 1. The first-order valence-electron chi connectivity index (χ1n) is 6.05. The van der Waals surface area contributed by atoms with E-state index in [1.165, 1.54) is 5.56 Å². The maximum atomic E-state index is 5.38. The molecule has 3 heteroatoms. The molecule has 0 spiro atoms. The van der Waals surface area contributed by atoms with Crippen LogP contribution in [0.2, 0.25) is 0 Å². The summed E-state index contributed by atoms with van der Waals surface area (Å²) in [5.41, 5.74) is 4.29. The van der Waals surface area contributed by atoms with Crippen molar-refractivity contribution in [3.05, 3.63) is 47.3 Å².